The first-order valence-electron chi connectivity index (χ1n) is 5.44. The molecule has 1 rings (SSSR count). The predicted octanol–water partition coefficient (Wildman–Crippen LogP) is 2.24. The molecule has 1 heterocycles. The van der Waals surface area contributed by atoms with E-state index in [9.17, 15) is 9.59 Å². The van der Waals surface area contributed by atoms with Crippen molar-refractivity contribution in [1.29, 1.82) is 0 Å². The Kier molecular flexibility index (Phi) is 5.25. The molecule has 0 N–H and O–H groups in total. The van der Waals surface area contributed by atoms with Crippen molar-refractivity contribution in [3.63, 3.8) is 0 Å². The molecule has 92 valence electrons. The fraction of sp³-hybridized carbons (Fsp3) is 0.385. The fourth-order valence-electron chi connectivity index (χ4n) is 1.35. The third kappa shape index (κ3) is 4.63. The van der Waals surface area contributed by atoms with Gasteiger partial charge >= 0.3 is 0 Å². The molecule has 0 saturated heterocycles. The average Bonchev–Trinajstić information content (AvgIpc) is 2.74. The van der Waals surface area contributed by atoms with Crippen LogP contribution in [0.25, 0.3) is 6.08 Å². The largest absolute Gasteiger partial charge is 0.309 e. The van der Waals surface area contributed by atoms with E-state index in [0.29, 0.717) is 18.5 Å². The monoisotopic (exact) mass is 251 g/mol. The summed E-state index contributed by atoms with van der Waals surface area (Å²) in [4.78, 5) is 26.2. The van der Waals surface area contributed by atoms with E-state index < -0.39 is 0 Å². The molecule has 0 unspecified atom stereocenters. The van der Waals surface area contributed by atoms with Crippen LogP contribution in [0.1, 0.15) is 18.2 Å². The van der Waals surface area contributed by atoms with Crippen LogP contribution < -0.4 is 0 Å². The molecule has 0 spiro atoms. The highest BCUT2D eigenvalue weighted by molar-refractivity contribution is 7.10. The Bertz CT molecular complexity index is 419. The normalized spacial score (nSPS) is 11.9. The van der Waals surface area contributed by atoms with Gasteiger partial charge in [-0.25, -0.2) is 0 Å². The van der Waals surface area contributed by atoms with Crippen LogP contribution >= 0.6 is 11.3 Å². The van der Waals surface area contributed by atoms with Gasteiger partial charge in [-0.15, -0.1) is 11.3 Å². The maximum absolute atomic E-state index is 11.9. The molecule has 0 aliphatic rings. The van der Waals surface area contributed by atoms with Crippen molar-refractivity contribution >= 4 is 29.0 Å². The number of ketones is 2. The summed E-state index contributed by atoms with van der Waals surface area (Å²) in [6.45, 7) is 2.10. The molecule has 0 atom stereocenters. The first kappa shape index (κ1) is 13.8. The van der Waals surface area contributed by atoms with Crippen LogP contribution in [0.2, 0.25) is 0 Å². The number of hydrogen-bond acceptors (Lipinski definition) is 4. The second kappa shape index (κ2) is 6.47. The van der Waals surface area contributed by atoms with E-state index in [4.69, 9.17) is 0 Å². The van der Waals surface area contributed by atoms with Crippen LogP contribution in [0.3, 0.4) is 0 Å². The Morgan fingerprint density at radius 3 is 2.59 bits per heavy atom. The average molecular weight is 251 g/mol. The summed E-state index contributed by atoms with van der Waals surface area (Å²) in [6, 6.07) is 3.80. The fourth-order valence-corrected chi connectivity index (χ4v) is 2.01. The third-order valence-corrected chi connectivity index (χ3v) is 3.11. The van der Waals surface area contributed by atoms with Gasteiger partial charge < -0.3 is 4.90 Å². The zero-order valence-corrected chi connectivity index (χ0v) is 11.2. The number of hydrogen-bond donors (Lipinski definition) is 0. The van der Waals surface area contributed by atoms with Gasteiger partial charge in [0.2, 0.25) is 0 Å². The van der Waals surface area contributed by atoms with E-state index in [1.54, 1.807) is 6.08 Å². The first-order chi connectivity index (χ1) is 8.00. The third-order valence-electron chi connectivity index (χ3n) is 2.30. The van der Waals surface area contributed by atoms with Crippen molar-refractivity contribution in [2.75, 3.05) is 20.6 Å². The summed E-state index contributed by atoms with van der Waals surface area (Å²) in [5.74, 6) is -0.248. The lowest BCUT2D eigenvalue weighted by atomic mass is 10.0. The summed E-state index contributed by atoms with van der Waals surface area (Å²) in [7, 11) is 3.81. The number of carbonyl (C=O) groups excluding carboxylic acids is 2. The van der Waals surface area contributed by atoms with Crippen molar-refractivity contribution in [3.05, 3.63) is 28.0 Å². The molecule has 0 amide bonds. The zero-order valence-electron chi connectivity index (χ0n) is 10.4. The molecule has 0 radical (unpaired) electrons. The molecule has 0 fully saturated rings. The minimum Gasteiger partial charge on any atom is -0.309 e. The standard InChI is InChI=1S/C13H17NO2S/c1-10(15)12(9-11-5-4-8-17-11)13(16)6-7-14(2)3/h4-5,8-9H,6-7H2,1-3H3. The highest BCUT2D eigenvalue weighted by atomic mass is 32.1. The molecule has 17 heavy (non-hydrogen) atoms. The molecule has 3 nitrogen and oxygen atoms in total. The second-order valence-corrected chi connectivity index (χ2v) is 5.09. The lowest BCUT2D eigenvalue weighted by molar-refractivity contribution is -0.120. The van der Waals surface area contributed by atoms with Crippen LogP contribution in [0.15, 0.2) is 23.1 Å². The van der Waals surface area contributed by atoms with Gasteiger partial charge in [0.15, 0.2) is 11.6 Å². The molecule has 0 bridgehead atoms. The molecule has 0 aromatic carbocycles. The summed E-state index contributed by atoms with van der Waals surface area (Å²) in [5, 5.41) is 1.92. The van der Waals surface area contributed by atoms with Gasteiger partial charge in [-0.05, 0) is 38.5 Å². The second-order valence-electron chi connectivity index (χ2n) is 4.11. The van der Waals surface area contributed by atoms with Crippen LogP contribution in [0.4, 0.5) is 0 Å². The molecule has 1 aromatic rings. The number of allylic oxidation sites excluding steroid dienone is 1. The molecule has 0 aliphatic carbocycles. The molecule has 0 saturated carbocycles. The summed E-state index contributed by atoms with van der Waals surface area (Å²) >= 11 is 1.52. The number of rotatable bonds is 6. The highest BCUT2D eigenvalue weighted by Gasteiger charge is 2.14. The molecule has 1 aromatic heterocycles. The van der Waals surface area contributed by atoms with Crippen molar-refractivity contribution in [2.24, 2.45) is 0 Å². The number of carbonyl (C=O) groups is 2. The van der Waals surface area contributed by atoms with E-state index in [-0.39, 0.29) is 11.6 Å². The van der Waals surface area contributed by atoms with E-state index in [1.165, 1.54) is 18.3 Å². The Labute approximate surface area is 106 Å². The SMILES string of the molecule is CC(=O)C(=Cc1cccs1)C(=O)CCN(C)C. The Morgan fingerprint density at radius 2 is 2.12 bits per heavy atom. The van der Waals surface area contributed by atoms with Crippen molar-refractivity contribution in [2.45, 2.75) is 13.3 Å². The van der Waals surface area contributed by atoms with Crippen LogP contribution in [0.5, 0.6) is 0 Å². The van der Waals surface area contributed by atoms with E-state index in [0.717, 1.165) is 4.88 Å². The molecular weight excluding hydrogens is 234 g/mol. The van der Waals surface area contributed by atoms with E-state index in [1.807, 2.05) is 36.5 Å². The van der Waals surface area contributed by atoms with E-state index >= 15 is 0 Å². The van der Waals surface area contributed by atoms with Crippen LogP contribution in [0, 0.1) is 0 Å². The lowest BCUT2D eigenvalue weighted by Gasteiger charge is -2.08. The Hall–Kier alpha value is -1.26. The maximum atomic E-state index is 11.9. The van der Waals surface area contributed by atoms with E-state index in [2.05, 4.69) is 0 Å². The Morgan fingerprint density at radius 1 is 1.41 bits per heavy atom. The first-order valence-corrected chi connectivity index (χ1v) is 6.32. The van der Waals surface area contributed by atoms with Crippen LogP contribution in [-0.2, 0) is 9.59 Å². The van der Waals surface area contributed by atoms with Gasteiger partial charge in [-0.2, -0.15) is 0 Å². The predicted molar refractivity (Wildman–Crippen MR) is 71.2 cm³/mol. The van der Waals surface area contributed by atoms with Gasteiger partial charge in [0.1, 0.15) is 0 Å². The van der Waals surface area contributed by atoms with Gasteiger partial charge in [-0.1, -0.05) is 6.07 Å². The van der Waals surface area contributed by atoms with Crippen molar-refractivity contribution in [3.8, 4) is 0 Å². The summed E-state index contributed by atoms with van der Waals surface area (Å²) < 4.78 is 0. The topological polar surface area (TPSA) is 37.4 Å². The molecule has 0 aliphatic heterocycles. The summed E-state index contributed by atoms with van der Waals surface area (Å²) in [6.07, 6.45) is 2.06. The quantitative estimate of drug-likeness (QED) is 0.442. The van der Waals surface area contributed by atoms with Crippen molar-refractivity contribution in [1.82, 2.24) is 4.90 Å². The summed E-state index contributed by atoms with van der Waals surface area (Å²) in [5.41, 5.74) is 0.300. The lowest BCUT2D eigenvalue weighted by Crippen LogP contribution is -2.19. The number of Topliss-reactive ketones (excluding diaryl/α,β-unsaturated/α-hetero) is 2. The van der Waals surface area contributed by atoms with Gasteiger partial charge in [0, 0.05) is 17.8 Å². The van der Waals surface area contributed by atoms with Gasteiger partial charge in [-0.3, -0.25) is 9.59 Å². The minimum absolute atomic E-state index is 0.0837. The smallest absolute Gasteiger partial charge is 0.167 e. The van der Waals surface area contributed by atoms with Gasteiger partial charge in [0.25, 0.3) is 0 Å². The molecule has 4 heteroatoms. The maximum Gasteiger partial charge on any atom is 0.167 e. The zero-order chi connectivity index (χ0) is 12.8. The number of nitrogens with zero attached hydrogens (tertiary/aromatic N) is 1. The van der Waals surface area contributed by atoms with Crippen LogP contribution in [-0.4, -0.2) is 37.1 Å². The number of thiophene rings is 1. The van der Waals surface area contributed by atoms with Gasteiger partial charge in [0.05, 0.1) is 5.57 Å². The molecular formula is C13H17NO2S. The van der Waals surface area contributed by atoms with Crippen molar-refractivity contribution < 1.29 is 9.59 Å². The highest BCUT2D eigenvalue weighted by Crippen LogP contribution is 2.15. The Balaban J connectivity index is 2.79. The minimum atomic E-state index is -0.165.